The average Bonchev–Trinajstić information content (AvgIpc) is 3.60. The highest BCUT2D eigenvalue weighted by atomic mass is 32.1. The Morgan fingerprint density at radius 2 is 1.97 bits per heavy atom. The van der Waals surface area contributed by atoms with Crippen molar-refractivity contribution in [2.24, 2.45) is 5.41 Å². The fourth-order valence-electron chi connectivity index (χ4n) is 6.01. The second-order valence-electron chi connectivity index (χ2n) is 10.9. The first-order valence-corrected chi connectivity index (χ1v) is 13.9. The van der Waals surface area contributed by atoms with Crippen LogP contribution in [0, 0.1) is 18.2 Å². The average molecular weight is 538 g/mol. The first-order valence-electron chi connectivity index (χ1n) is 13.0. The van der Waals surface area contributed by atoms with Crippen molar-refractivity contribution in [3.63, 3.8) is 0 Å². The van der Waals surface area contributed by atoms with Crippen LogP contribution in [0.25, 0.3) is 0 Å². The molecule has 1 spiro atoms. The van der Waals surface area contributed by atoms with Crippen LogP contribution in [-0.2, 0) is 11.3 Å². The van der Waals surface area contributed by atoms with Gasteiger partial charge in [0, 0.05) is 56.9 Å². The van der Waals surface area contributed by atoms with Crippen LogP contribution < -0.4 is 15.5 Å². The van der Waals surface area contributed by atoms with Crippen molar-refractivity contribution in [2.75, 3.05) is 61.3 Å². The summed E-state index contributed by atoms with van der Waals surface area (Å²) in [6.45, 7) is 8.56. The molecule has 12 heteroatoms. The van der Waals surface area contributed by atoms with Crippen molar-refractivity contribution in [3.8, 4) is 0 Å². The molecule has 1 amide bonds. The Morgan fingerprint density at radius 3 is 2.79 bits per heavy atom. The van der Waals surface area contributed by atoms with Gasteiger partial charge in [0.25, 0.3) is 0 Å². The largest absolute Gasteiger partial charge is 0.355 e. The molecule has 6 rings (SSSR count). The maximum absolute atomic E-state index is 13.7. The van der Waals surface area contributed by atoms with Gasteiger partial charge in [-0.05, 0) is 61.7 Å². The molecule has 2 N–H and O–H groups in total. The molecule has 10 nitrogen and oxygen atoms in total. The van der Waals surface area contributed by atoms with Gasteiger partial charge in [-0.2, -0.15) is 5.10 Å². The normalized spacial score (nSPS) is 21.1. The first-order chi connectivity index (χ1) is 18.4. The Labute approximate surface area is 225 Å². The molecule has 1 aromatic carbocycles. The van der Waals surface area contributed by atoms with Gasteiger partial charge in [0.15, 0.2) is 5.82 Å². The minimum atomic E-state index is -0.171. The van der Waals surface area contributed by atoms with E-state index in [1.807, 2.05) is 19.1 Å². The van der Waals surface area contributed by atoms with Gasteiger partial charge < -0.3 is 10.2 Å². The zero-order chi connectivity index (χ0) is 26.1. The van der Waals surface area contributed by atoms with Crippen LogP contribution in [0.2, 0.25) is 0 Å². The quantitative estimate of drug-likeness (QED) is 0.449. The van der Waals surface area contributed by atoms with Gasteiger partial charge in [0.2, 0.25) is 16.2 Å². The lowest BCUT2D eigenvalue weighted by Crippen LogP contribution is -2.57. The molecule has 2 aromatic heterocycles. The Morgan fingerprint density at radius 1 is 1.13 bits per heavy atom. The molecule has 0 radical (unpaired) electrons. The van der Waals surface area contributed by atoms with E-state index in [1.54, 1.807) is 18.3 Å². The van der Waals surface area contributed by atoms with Crippen molar-refractivity contribution in [2.45, 2.75) is 32.4 Å². The Hall–Kier alpha value is -3.22. The summed E-state index contributed by atoms with van der Waals surface area (Å²) in [5.41, 5.74) is 2.21. The molecule has 3 fully saturated rings. The molecule has 38 heavy (non-hydrogen) atoms. The van der Waals surface area contributed by atoms with E-state index in [0.29, 0.717) is 16.8 Å². The summed E-state index contributed by atoms with van der Waals surface area (Å²) < 4.78 is 13.7. The minimum absolute atomic E-state index is 0.0640. The summed E-state index contributed by atoms with van der Waals surface area (Å²) in [5, 5.41) is 24.1. The van der Waals surface area contributed by atoms with Crippen LogP contribution in [0.15, 0.2) is 36.5 Å². The molecular formula is C26H32FN9OS. The van der Waals surface area contributed by atoms with E-state index in [4.69, 9.17) is 0 Å². The fourth-order valence-corrected chi connectivity index (χ4v) is 6.75. The van der Waals surface area contributed by atoms with Crippen molar-refractivity contribution in [1.82, 2.24) is 30.2 Å². The lowest BCUT2D eigenvalue weighted by atomic mass is 9.79. The van der Waals surface area contributed by atoms with Crippen molar-refractivity contribution >= 4 is 33.3 Å². The highest BCUT2D eigenvalue weighted by molar-refractivity contribution is 7.19. The van der Waals surface area contributed by atoms with Crippen molar-refractivity contribution in [1.29, 1.82) is 0 Å². The van der Waals surface area contributed by atoms with E-state index in [-0.39, 0.29) is 23.2 Å². The predicted octanol–water partition coefficient (Wildman–Crippen LogP) is 2.61. The highest BCUT2D eigenvalue weighted by Gasteiger charge is 2.47. The maximum atomic E-state index is 13.7. The number of amides is 1. The number of nitrogens with one attached hydrogen (secondary N) is 2. The van der Waals surface area contributed by atoms with E-state index in [1.165, 1.54) is 11.3 Å². The number of carbonyl (C=O) groups excluding carboxylic acids is 1. The van der Waals surface area contributed by atoms with Crippen LogP contribution in [0.4, 0.5) is 20.5 Å². The van der Waals surface area contributed by atoms with E-state index in [9.17, 15) is 9.18 Å². The van der Waals surface area contributed by atoms with Crippen molar-refractivity contribution < 1.29 is 9.18 Å². The number of hydrogen-bond acceptors (Lipinski definition) is 10. The number of benzene rings is 1. The predicted molar refractivity (Wildman–Crippen MR) is 145 cm³/mol. The molecule has 0 unspecified atom stereocenters. The number of halogens is 1. The molecule has 5 heterocycles. The van der Waals surface area contributed by atoms with E-state index < -0.39 is 0 Å². The zero-order valence-electron chi connectivity index (χ0n) is 21.4. The van der Waals surface area contributed by atoms with Crippen LogP contribution in [0.1, 0.15) is 24.0 Å². The molecule has 0 bridgehead atoms. The molecule has 0 saturated carbocycles. The number of nitrogens with zero attached hydrogens (tertiary/aromatic N) is 7. The van der Waals surface area contributed by atoms with E-state index in [2.05, 4.69) is 51.8 Å². The second kappa shape index (κ2) is 10.5. The number of hydrogen-bond donors (Lipinski definition) is 2. The molecular weight excluding hydrogens is 505 g/mol. The van der Waals surface area contributed by atoms with Crippen LogP contribution in [0.5, 0.6) is 0 Å². The van der Waals surface area contributed by atoms with E-state index >= 15 is 0 Å². The number of anilines is 3. The zero-order valence-corrected chi connectivity index (χ0v) is 22.3. The molecule has 1 atom stereocenters. The van der Waals surface area contributed by atoms with E-state index in [0.717, 1.165) is 75.6 Å². The van der Waals surface area contributed by atoms with Gasteiger partial charge >= 0.3 is 0 Å². The van der Waals surface area contributed by atoms with Crippen LogP contribution >= 0.6 is 11.3 Å². The Balaban J connectivity index is 0.931. The van der Waals surface area contributed by atoms with Gasteiger partial charge in [0.1, 0.15) is 5.82 Å². The standard InChI is InChI=1S/C26H32FN9OS/c1-18-9-19(11-20(27)10-18)12-35-16-26(17-35)5-8-34(15-26)14-23(37)30-25-33-32-24(38-25)29-21-4-7-36(13-21)22-3-2-6-28-31-22/h2-3,6,9-11,21H,4-5,7-8,12-17H2,1H3,(H,29,32)(H,30,33,37)/t21-/m1/s1. The summed E-state index contributed by atoms with van der Waals surface area (Å²) in [6.07, 6.45) is 3.72. The number of likely N-dealkylation sites (tertiary alicyclic amines) is 2. The second-order valence-corrected chi connectivity index (χ2v) is 11.8. The summed E-state index contributed by atoms with van der Waals surface area (Å²) in [5.74, 6) is 0.642. The SMILES string of the molecule is Cc1cc(F)cc(CN2CC3(CCN(CC(=O)Nc4nnc(N[C@@H]5CCN(c6cccnn6)C5)s4)C3)C2)c1. The maximum Gasteiger partial charge on any atom is 0.240 e. The minimum Gasteiger partial charge on any atom is -0.355 e. The monoisotopic (exact) mass is 537 g/mol. The molecule has 0 aliphatic carbocycles. The van der Waals surface area contributed by atoms with Crippen LogP contribution in [-0.4, -0.2) is 88.0 Å². The summed E-state index contributed by atoms with van der Waals surface area (Å²) in [7, 11) is 0. The van der Waals surface area contributed by atoms with Gasteiger partial charge in [-0.15, -0.1) is 15.3 Å². The van der Waals surface area contributed by atoms with Crippen molar-refractivity contribution in [3.05, 3.63) is 53.5 Å². The molecule has 3 aromatic rings. The number of rotatable bonds is 8. The summed E-state index contributed by atoms with van der Waals surface area (Å²) in [6, 6.07) is 9.33. The summed E-state index contributed by atoms with van der Waals surface area (Å²) in [4.78, 5) is 19.5. The van der Waals surface area contributed by atoms with Gasteiger partial charge in [-0.1, -0.05) is 17.4 Å². The number of aryl methyl sites for hydroxylation is 1. The molecule has 3 aliphatic rings. The van der Waals surface area contributed by atoms with Gasteiger partial charge in [0.05, 0.1) is 6.54 Å². The third kappa shape index (κ3) is 5.77. The number of aromatic nitrogens is 4. The Bertz CT molecular complexity index is 1260. The first kappa shape index (κ1) is 25.1. The lowest BCUT2D eigenvalue weighted by Gasteiger charge is -2.48. The van der Waals surface area contributed by atoms with Crippen LogP contribution in [0.3, 0.4) is 0 Å². The third-order valence-corrected chi connectivity index (χ3v) is 8.35. The van der Waals surface area contributed by atoms with Gasteiger partial charge in [-0.3, -0.25) is 19.9 Å². The fraction of sp³-hybridized carbons (Fsp3) is 0.500. The molecule has 3 aliphatic heterocycles. The Kier molecular flexibility index (Phi) is 6.93. The number of carbonyl (C=O) groups is 1. The molecule has 3 saturated heterocycles. The third-order valence-electron chi connectivity index (χ3n) is 7.58. The topological polar surface area (TPSA) is 102 Å². The van der Waals surface area contributed by atoms with Gasteiger partial charge in [-0.25, -0.2) is 4.39 Å². The highest BCUT2D eigenvalue weighted by Crippen LogP contribution is 2.40. The molecule has 200 valence electrons. The smallest absolute Gasteiger partial charge is 0.240 e. The lowest BCUT2D eigenvalue weighted by molar-refractivity contribution is -0.117. The summed E-state index contributed by atoms with van der Waals surface area (Å²) >= 11 is 1.36.